The highest BCUT2D eigenvalue weighted by molar-refractivity contribution is 6.82. The summed E-state index contributed by atoms with van der Waals surface area (Å²) in [4.78, 5) is 0. The van der Waals surface area contributed by atoms with Gasteiger partial charge in [-0.1, -0.05) is 38.8 Å². The Morgan fingerprint density at radius 2 is 1.60 bits per heavy atom. The standard InChI is InChI=1S/C12H29NSi2/c1-7-15(5,6)11-8-9-13-10-12-14(2,3)4/h7,13H,1,8-12H2,2-6H3. The highest BCUT2D eigenvalue weighted by atomic mass is 28.3. The lowest BCUT2D eigenvalue weighted by molar-refractivity contribution is 0.695. The van der Waals surface area contributed by atoms with Crippen molar-refractivity contribution in [3.8, 4) is 0 Å². The van der Waals surface area contributed by atoms with E-state index in [1.807, 2.05) is 0 Å². The van der Waals surface area contributed by atoms with Gasteiger partial charge in [0.05, 0.1) is 8.07 Å². The van der Waals surface area contributed by atoms with Crippen molar-refractivity contribution in [3.63, 3.8) is 0 Å². The summed E-state index contributed by atoms with van der Waals surface area (Å²) in [6, 6.07) is 2.77. The van der Waals surface area contributed by atoms with Crippen molar-refractivity contribution in [2.75, 3.05) is 13.1 Å². The van der Waals surface area contributed by atoms with Gasteiger partial charge in [-0.25, -0.2) is 0 Å². The zero-order valence-corrected chi connectivity index (χ0v) is 13.3. The number of hydrogen-bond acceptors (Lipinski definition) is 1. The predicted octanol–water partition coefficient (Wildman–Crippen LogP) is 3.74. The molecular weight excluding hydrogens is 214 g/mol. The van der Waals surface area contributed by atoms with Gasteiger partial charge < -0.3 is 5.32 Å². The molecule has 0 unspecified atom stereocenters. The second-order valence-electron chi connectivity index (χ2n) is 6.36. The summed E-state index contributed by atoms with van der Waals surface area (Å²) in [6.07, 6.45) is 1.32. The minimum Gasteiger partial charge on any atom is -0.317 e. The lowest BCUT2D eigenvalue weighted by atomic mass is 10.5. The van der Waals surface area contributed by atoms with E-state index in [9.17, 15) is 0 Å². The maximum absolute atomic E-state index is 3.93. The Balaban J connectivity index is 3.37. The minimum absolute atomic E-state index is 0.831. The van der Waals surface area contributed by atoms with Crippen LogP contribution >= 0.6 is 0 Å². The molecule has 0 aromatic carbocycles. The van der Waals surface area contributed by atoms with E-state index in [0.29, 0.717) is 0 Å². The molecule has 0 aromatic rings. The molecular formula is C12H29NSi2. The van der Waals surface area contributed by atoms with E-state index in [1.165, 1.54) is 31.6 Å². The Labute approximate surface area is 98.4 Å². The first-order valence-electron chi connectivity index (χ1n) is 6.11. The molecule has 0 aliphatic heterocycles. The van der Waals surface area contributed by atoms with Gasteiger partial charge in [0.25, 0.3) is 0 Å². The molecule has 0 bridgehead atoms. The van der Waals surface area contributed by atoms with Gasteiger partial charge in [-0.3, -0.25) is 0 Å². The topological polar surface area (TPSA) is 12.0 Å². The fourth-order valence-electron chi connectivity index (χ4n) is 1.36. The van der Waals surface area contributed by atoms with E-state index < -0.39 is 16.1 Å². The fraction of sp³-hybridized carbons (Fsp3) is 0.833. The molecule has 0 atom stereocenters. The first-order valence-corrected chi connectivity index (χ1v) is 13.1. The molecule has 3 heteroatoms. The van der Waals surface area contributed by atoms with E-state index in [1.54, 1.807) is 0 Å². The van der Waals surface area contributed by atoms with Crippen molar-refractivity contribution < 1.29 is 0 Å². The summed E-state index contributed by atoms with van der Waals surface area (Å²) in [5.74, 6) is 0. The summed E-state index contributed by atoms with van der Waals surface area (Å²) in [5.41, 5.74) is 2.20. The van der Waals surface area contributed by atoms with Crippen molar-refractivity contribution >= 4 is 16.1 Å². The monoisotopic (exact) mass is 243 g/mol. The molecule has 0 rings (SSSR count). The second kappa shape index (κ2) is 6.66. The van der Waals surface area contributed by atoms with Crippen LogP contribution in [0.3, 0.4) is 0 Å². The predicted molar refractivity (Wildman–Crippen MR) is 78.1 cm³/mol. The van der Waals surface area contributed by atoms with Crippen LogP contribution in [0.4, 0.5) is 0 Å². The number of hydrogen-bond donors (Lipinski definition) is 1. The average molecular weight is 244 g/mol. The number of nitrogens with one attached hydrogen (secondary N) is 1. The van der Waals surface area contributed by atoms with Gasteiger partial charge in [0.1, 0.15) is 0 Å². The van der Waals surface area contributed by atoms with E-state index >= 15 is 0 Å². The first kappa shape index (κ1) is 15.1. The Hall–Kier alpha value is 0.134. The average Bonchev–Trinajstić information content (AvgIpc) is 2.09. The van der Waals surface area contributed by atoms with Crippen LogP contribution in [0.5, 0.6) is 0 Å². The largest absolute Gasteiger partial charge is 0.317 e. The van der Waals surface area contributed by atoms with Crippen LogP contribution in [0, 0.1) is 0 Å². The van der Waals surface area contributed by atoms with E-state index in [0.717, 1.165) is 0 Å². The van der Waals surface area contributed by atoms with Crippen LogP contribution in [-0.2, 0) is 0 Å². The maximum atomic E-state index is 3.93. The molecule has 1 nitrogen and oxygen atoms in total. The van der Waals surface area contributed by atoms with Crippen molar-refractivity contribution in [1.29, 1.82) is 0 Å². The van der Waals surface area contributed by atoms with Gasteiger partial charge in [-0.15, -0.1) is 12.3 Å². The quantitative estimate of drug-likeness (QED) is 0.506. The maximum Gasteiger partial charge on any atom is 0.0710 e. The van der Waals surface area contributed by atoms with Crippen molar-refractivity contribution in [3.05, 3.63) is 12.3 Å². The molecule has 0 heterocycles. The third-order valence-electron chi connectivity index (χ3n) is 2.78. The van der Waals surface area contributed by atoms with Gasteiger partial charge in [0, 0.05) is 8.07 Å². The molecule has 0 aliphatic carbocycles. The van der Waals surface area contributed by atoms with Crippen LogP contribution in [0.1, 0.15) is 6.42 Å². The smallest absolute Gasteiger partial charge is 0.0710 e. The third kappa shape index (κ3) is 10.4. The molecule has 15 heavy (non-hydrogen) atoms. The van der Waals surface area contributed by atoms with Gasteiger partial charge in [-0.2, -0.15) is 0 Å². The number of rotatable bonds is 8. The van der Waals surface area contributed by atoms with Gasteiger partial charge in [0.15, 0.2) is 0 Å². The molecule has 0 radical (unpaired) electrons. The van der Waals surface area contributed by atoms with E-state index in [4.69, 9.17) is 0 Å². The third-order valence-corrected chi connectivity index (χ3v) is 7.28. The Morgan fingerprint density at radius 3 is 2.07 bits per heavy atom. The minimum atomic E-state index is -1.04. The van der Waals surface area contributed by atoms with Crippen LogP contribution in [0.2, 0.25) is 44.8 Å². The van der Waals surface area contributed by atoms with Gasteiger partial charge in [-0.05, 0) is 25.6 Å². The molecule has 0 saturated heterocycles. The molecule has 1 N–H and O–H groups in total. The van der Waals surface area contributed by atoms with Gasteiger partial charge >= 0.3 is 0 Å². The summed E-state index contributed by atoms with van der Waals surface area (Å²) in [5, 5.41) is 3.56. The second-order valence-corrected chi connectivity index (χ2v) is 16.9. The van der Waals surface area contributed by atoms with Crippen LogP contribution in [0.25, 0.3) is 0 Å². The van der Waals surface area contributed by atoms with Crippen LogP contribution in [0.15, 0.2) is 12.3 Å². The lowest BCUT2D eigenvalue weighted by Gasteiger charge is -2.18. The SMILES string of the molecule is C=C[Si](C)(C)CCCNCC[Si](C)(C)C. The molecule has 0 fully saturated rings. The van der Waals surface area contributed by atoms with Crippen molar-refractivity contribution in [2.45, 2.75) is 51.2 Å². The zero-order chi connectivity index (χ0) is 11.9. The lowest BCUT2D eigenvalue weighted by Crippen LogP contribution is -2.29. The summed E-state index contributed by atoms with van der Waals surface area (Å²) >= 11 is 0. The molecule has 0 amide bonds. The molecule has 0 spiro atoms. The molecule has 0 aliphatic rings. The Bertz CT molecular complexity index is 183. The first-order chi connectivity index (χ1) is 6.77. The normalized spacial score (nSPS) is 12.9. The highest BCUT2D eigenvalue weighted by Crippen LogP contribution is 2.12. The zero-order valence-electron chi connectivity index (χ0n) is 11.3. The molecule has 90 valence electrons. The van der Waals surface area contributed by atoms with Gasteiger partial charge in [0.2, 0.25) is 0 Å². The van der Waals surface area contributed by atoms with Crippen LogP contribution < -0.4 is 5.32 Å². The van der Waals surface area contributed by atoms with E-state index in [-0.39, 0.29) is 0 Å². The molecule has 0 saturated carbocycles. The molecule has 0 aromatic heterocycles. The van der Waals surface area contributed by atoms with Crippen LogP contribution in [-0.4, -0.2) is 29.2 Å². The van der Waals surface area contributed by atoms with Crippen molar-refractivity contribution in [1.82, 2.24) is 5.32 Å². The Kier molecular flexibility index (Phi) is 6.72. The summed E-state index contributed by atoms with van der Waals surface area (Å²) in [6.45, 7) is 18.4. The highest BCUT2D eigenvalue weighted by Gasteiger charge is 2.15. The Morgan fingerprint density at radius 1 is 1.00 bits per heavy atom. The fourth-order valence-corrected chi connectivity index (χ4v) is 3.58. The van der Waals surface area contributed by atoms with E-state index in [2.05, 4.69) is 50.3 Å². The summed E-state index contributed by atoms with van der Waals surface area (Å²) < 4.78 is 0. The van der Waals surface area contributed by atoms with Crippen molar-refractivity contribution in [2.24, 2.45) is 0 Å². The summed E-state index contributed by atoms with van der Waals surface area (Å²) in [7, 11) is -1.87.